The quantitative estimate of drug-likeness (QED) is 0.926. The van der Waals surface area contributed by atoms with Crippen molar-refractivity contribution in [3.63, 3.8) is 0 Å². The Morgan fingerprint density at radius 2 is 2.05 bits per heavy atom. The highest BCUT2D eigenvalue weighted by atomic mass is 79.9. The lowest BCUT2D eigenvalue weighted by Gasteiger charge is -2.08. The van der Waals surface area contributed by atoms with Crippen LogP contribution in [0, 0.1) is 6.92 Å². The van der Waals surface area contributed by atoms with Gasteiger partial charge in [-0.15, -0.1) is 0 Å². The number of hydrogen-bond acceptors (Lipinski definition) is 2. The third kappa shape index (κ3) is 3.61. The van der Waals surface area contributed by atoms with Crippen LogP contribution in [0.15, 0.2) is 46.9 Å². The van der Waals surface area contributed by atoms with Crippen LogP contribution in [0.3, 0.4) is 0 Å². The highest BCUT2D eigenvalue weighted by molar-refractivity contribution is 9.10. The Morgan fingerprint density at radius 1 is 1.25 bits per heavy atom. The predicted octanol–water partition coefficient (Wildman–Crippen LogP) is 3.70. The van der Waals surface area contributed by atoms with E-state index in [0.717, 1.165) is 21.3 Å². The van der Waals surface area contributed by atoms with E-state index in [-0.39, 0.29) is 5.91 Å². The van der Waals surface area contributed by atoms with E-state index in [9.17, 15) is 4.79 Å². The Bertz CT molecular complexity index is 626. The van der Waals surface area contributed by atoms with E-state index >= 15 is 0 Å². The van der Waals surface area contributed by atoms with Crippen molar-refractivity contribution in [3.8, 4) is 5.75 Å². The van der Waals surface area contributed by atoms with Crippen LogP contribution in [0.2, 0.25) is 0 Å². The van der Waals surface area contributed by atoms with Crippen LogP contribution in [0.25, 0.3) is 0 Å². The second-order valence-corrected chi connectivity index (χ2v) is 5.35. The van der Waals surface area contributed by atoms with E-state index in [1.807, 2.05) is 43.3 Å². The fourth-order valence-electron chi connectivity index (χ4n) is 1.85. The number of carbonyl (C=O) groups excluding carboxylic acids is 1. The smallest absolute Gasteiger partial charge is 0.251 e. The SMILES string of the molecule is COc1cccc(CNC(=O)c2ccc(Br)c(C)c2)c1. The first-order valence-electron chi connectivity index (χ1n) is 6.27. The normalized spacial score (nSPS) is 10.2. The van der Waals surface area contributed by atoms with Gasteiger partial charge in [-0.05, 0) is 48.4 Å². The number of benzene rings is 2. The third-order valence-electron chi connectivity index (χ3n) is 3.01. The van der Waals surface area contributed by atoms with Gasteiger partial charge in [0.2, 0.25) is 0 Å². The number of hydrogen-bond donors (Lipinski definition) is 1. The van der Waals surface area contributed by atoms with Crippen molar-refractivity contribution in [2.45, 2.75) is 13.5 Å². The van der Waals surface area contributed by atoms with E-state index < -0.39 is 0 Å². The Labute approximate surface area is 127 Å². The zero-order chi connectivity index (χ0) is 14.5. The summed E-state index contributed by atoms with van der Waals surface area (Å²) in [6, 6.07) is 13.2. The summed E-state index contributed by atoms with van der Waals surface area (Å²) in [5.74, 6) is 0.708. The van der Waals surface area contributed by atoms with Crippen LogP contribution in [-0.4, -0.2) is 13.0 Å². The van der Waals surface area contributed by atoms with Crippen molar-refractivity contribution < 1.29 is 9.53 Å². The third-order valence-corrected chi connectivity index (χ3v) is 3.90. The van der Waals surface area contributed by atoms with Gasteiger partial charge in [0.05, 0.1) is 7.11 Å². The number of carbonyl (C=O) groups is 1. The van der Waals surface area contributed by atoms with E-state index in [1.54, 1.807) is 13.2 Å². The van der Waals surface area contributed by atoms with Gasteiger partial charge in [-0.25, -0.2) is 0 Å². The van der Waals surface area contributed by atoms with Gasteiger partial charge in [0.25, 0.3) is 5.91 Å². The fraction of sp³-hybridized carbons (Fsp3) is 0.188. The van der Waals surface area contributed by atoms with Gasteiger partial charge in [-0.2, -0.15) is 0 Å². The number of aryl methyl sites for hydroxylation is 1. The molecule has 0 aliphatic rings. The van der Waals surface area contributed by atoms with E-state index in [4.69, 9.17) is 4.74 Å². The molecule has 0 radical (unpaired) electrons. The molecule has 0 aliphatic carbocycles. The topological polar surface area (TPSA) is 38.3 Å². The second kappa shape index (κ2) is 6.57. The van der Waals surface area contributed by atoms with Gasteiger partial charge in [-0.1, -0.05) is 28.1 Å². The number of amides is 1. The number of halogens is 1. The monoisotopic (exact) mass is 333 g/mol. The molecule has 0 saturated carbocycles. The van der Waals surface area contributed by atoms with E-state index in [1.165, 1.54) is 0 Å². The maximum absolute atomic E-state index is 12.1. The molecule has 0 spiro atoms. The Morgan fingerprint density at radius 3 is 2.75 bits per heavy atom. The fourth-order valence-corrected chi connectivity index (χ4v) is 2.10. The molecule has 104 valence electrons. The lowest BCUT2D eigenvalue weighted by Crippen LogP contribution is -2.22. The molecule has 0 unspecified atom stereocenters. The van der Waals surface area contributed by atoms with Crippen LogP contribution in [0.4, 0.5) is 0 Å². The van der Waals surface area contributed by atoms with Gasteiger partial charge in [0.15, 0.2) is 0 Å². The lowest BCUT2D eigenvalue weighted by molar-refractivity contribution is 0.0951. The van der Waals surface area contributed by atoms with Crippen molar-refractivity contribution in [2.75, 3.05) is 7.11 Å². The van der Waals surface area contributed by atoms with Gasteiger partial charge < -0.3 is 10.1 Å². The largest absolute Gasteiger partial charge is 0.497 e. The first-order chi connectivity index (χ1) is 9.60. The van der Waals surface area contributed by atoms with Crippen molar-refractivity contribution >= 4 is 21.8 Å². The summed E-state index contributed by atoms with van der Waals surface area (Å²) in [7, 11) is 1.63. The standard InChI is InChI=1S/C16H16BrNO2/c1-11-8-13(6-7-15(11)17)16(19)18-10-12-4-3-5-14(9-12)20-2/h3-9H,10H2,1-2H3,(H,18,19). The molecule has 0 aromatic heterocycles. The first kappa shape index (κ1) is 14.6. The molecule has 0 bridgehead atoms. The minimum absolute atomic E-state index is 0.0802. The highest BCUT2D eigenvalue weighted by Gasteiger charge is 2.07. The van der Waals surface area contributed by atoms with Crippen molar-refractivity contribution in [1.82, 2.24) is 5.32 Å². The number of rotatable bonds is 4. The van der Waals surface area contributed by atoms with Gasteiger partial charge in [-0.3, -0.25) is 4.79 Å². The first-order valence-corrected chi connectivity index (χ1v) is 7.06. The molecular formula is C16H16BrNO2. The summed E-state index contributed by atoms with van der Waals surface area (Å²) in [5.41, 5.74) is 2.71. The molecule has 3 nitrogen and oxygen atoms in total. The van der Waals surface area contributed by atoms with Crippen molar-refractivity contribution in [2.24, 2.45) is 0 Å². The summed E-state index contributed by atoms with van der Waals surface area (Å²) in [6.45, 7) is 2.44. The maximum atomic E-state index is 12.1. The number of nitrogens with one attached hydrogen (secondary N) is 1. The average molecular weight is 334 g/mol. The Balaban J connectivity index is 2.02. The molecular weight excluding hydrogens is 318 g/mol. The predicted molar refractivity (Wildman–Crippen MR) is 83.0 cm³/mol. The minimum atomic E-state index is -0.0802. The molecule has 2 aromatic carbocycles. The molecule has 0 fully saturated rings. The summed E-state index contributed by atoms with van der Waals surface area (Å²) < 4.78 is 6.16. The average Bonchev–Trinajstić information content (AvgIpc) is 2.47. The van der Waals surface area contributed by atoms with Crippen LogP contribution >= 0.6 is 15.9 Å². The van der Waals surface area contributed by atoms with Gasteiger partial charge in [0, 0.05) is 16.6 Å². The summed E-state index contributed by atoms with van der Waals surface area (Å²) in [5, 5.41) is 2.90. The summed E-state index contributed by atoms with van der Waals surface area (Å²) in [4.78, 5) is 12.1. The van der Waals surface area contributed by atoms with Crippen LogP contribution in [0.1, 0.15) is 21.5 Å². The molecule has 1 N–H and O–H groups in total. The highest BCUT2D eigenvalue weighted by Crippen LogP contribution is 2.17. The van der Waals surface area contributed by atoms with Crippen LogP contribution in [-0.2, 0) is 6.54 Å². The molecule has 2 aromatic rings. The molecule has 0 saturated heterocycles. The molecule has 0 atom stereocenters. The van der Waals surface area contributed by atoms with E-state index in [2.05, 4.69) is 21.2 Å². The van der Waals surface area contributed by atoms with Crippen molar-refractivity contribution in [1.29, 1.82) is 0 Å². The summed E-state index contributed by atoms with van der Waals surface area (Å²) >= 11 is 3.42. The van der Waals surface area contributed by atoms with Crippen LogP contribution in [0.5, 0.6) is 5.75 Å². The molecule has 0 heterocycles. The maximum Gasteiger partial charge on any atom is 0.251 e. The number of ether oxygens (including phenoxy) is 1. The van der Waals surface area contributed by atoms with Gasteiger partial charge >= 0.3 is 0 Å². The molecule has 20 heavy (non-hydrogen) atoms. The zero-order valence-electron chi connectivity index (χ0n) is 11.4. The number of methoxy groups -OCH3 is 1. The molecule has 4 heteroatoms. The van der Waals surface area contributed by atoms with Gasteiger partial charge in [0.1, 0.15) is 5.75 Å². The van der Waals surface area contributed by atoms with Crippen LogP contribution < -0.4 is 10.1 Å². The second-order valence-electron chi connectivity index (χ2n) is 4.50. The molecule has 0 aliphatic heterocycles. The summed E-state index contributed by atoms with van der Waals surface area (Å²) in [6.07, 6.45) is 0. The minimum Gasteiger partial charge on any atom is -0.497 e. The molecule has 2 rings (SSSR count). The zero-order valence-corrected chi connectivity index (χ0v) is 13.0. The van der Waals surface area contributed by atoms with E-state index in [0.29, 0.717) is 12.1 Å². The Kier molecular flexibility index (Phi) is 4.79. The Hall–Kier alpha value is -1.81. The molecule has 1 amide bonds. The van der Waals surface area contributed by atoms with Crippen molar-refractivity contribution in [3.05, 3.63) is 63.6 Å². The lowest BCUT2D eigenvalue weighted by atomic mass is 10.1.